The highest BCUT2D eigenvalue weighted by atomic mass is 32.2. The van der Waals surface area contributed by atoms with Crippen LogP contribution in [0.4, 0.5) is 0 Å². The smallest absolute Gasteiger partial charge is 0.0776 e. The second-order valence-electron chi connectivity index (χ2n) is 5.49. The summed E-state index contributed by atoms with van der Waals surface area (Å²) < 4.78 is 14.6. The molecule has 0 aliphatic heterocycles. The van der Waals surface area contributed by atoms with Crippen LogP contribution in [0.25, 0.3) is 17.0 Å². The minimum atomic E-state index is -1.12. The van der Waals surface area contributed by atoms with E-state index in [9.17, 15) is 4.21 Å². The first kappa shape index (κ1) is 14.8. The predicted octanol–water partition coefficient (Wildman–Crippen LogP) is 4.57. The van der Waals surface area contributed by atoms with Gasteiger partial charge in [-0.2, -0.15) is 0 Å². The van der Waals surface area contributed by atoms with Crippen LogP contribution >= 0.6 is 0 Å². The first-order chi connectivity index (χ1) is 10.6. The van der Waals surface area contributed by atoms with E-state index in [1.54, 1.807) is 5.41 Å². The van der Waals surface area contributed by atoms with Gasteiger partial charge in [0.2, 0.25) is 0 Å². The monoisotopic (exact) mass is 309 g/mol. The molecule has 2 aromatic carbocycles. The van der Waals surface area contributed by atoms with E-state index >= 15 is 0 Å². The molecular formula is C19H19NOS. The molecule has 0 saturated heterocycles. The second kappa shape index (κ2) is 5.93. The molecule has 0 radical (unpaired) electrons. The fourth-order valence-electron chi connectivity index (χ4n) is 2.64. The van der Waals surface area contributed by atoms with Crippen LogP contribution in [0.3, 0.4) is 0 Å². The third kappa shape index (κ3) is 2.64. The normalized spacial score (nSPS) is 13.0. The van der Waals surface area contributed by atoms with Gasteiger partial charge >= 0.3 is 0 Å². The van der Waals surface area contributed by atoms with Crippen LogP contribution in [0.15, 0.2) is 58.8 Å². The van der Waals surface area contributed by atoms with Gasteiger partial charge in [-0.25, -0.2) is 4.21 Å². The minimum absolute atomic E-state index is 0.833. The molecule has 1 aromatic heterocycles. The molecular weight excluding hydrogens is 290 g/mol. The molecule has 1 unspecified atom stereocenters. The molecule has 0 saturated carbocycles. The van der Waals surface area contributed by atoms with Gasteiger partial charge in [-0.1, -0.05) is 35.9 Å². The largest absolute Gasteiger partial charge is 0.347 e. The third-order valence-corrected chi connectivity index (χ3v) is 5.18. The highest BCUT2D eigenvalue weighted by molar-refractivity contribution is 7.88. The van der Waals surface area contributed by atoms with Crippen molar-refractivity contribution in [1.29, 1.82) is 0 Å². The van der Waals surface area contributed by atoms with Crippen molar-refractivity contribution >= 4 is 27.8 Å². The zero-order valence-electron chi connectivity index (χ0n) is 13.0. The molecule has 3 rings (SSSR count). The van der Waals surface area contributed by atoms with Crippen LogP contribution in [-0.4, -0.2) is 8.78 Å². The lowest BCUT2D eigenvalue weighted by Gasteiger charge is -1.99. The summed E-state index contributed by atoms with van der Waals surface area (Å²) in [5.41, 5.74) is 4.69. The van der Waals surface area contributed by atoms with Crippen molar-refractivity contribution in [3.05, 3.63) is 70.8 Å². The summed E-state index contributed by atoms with van der Waals surface area (Å²) in [5, 5.41) is 2.97. The van der Waals surface area contributed by atoms with E-state index in [1.807, 2.05) is 49.4 Å². The number of hydrogen-bond acceptors (Lipinski definition) is 1. The number of benzene rings is 2. The van der Waals surface area contributed by atoms with E-state index < -0.39 is 10.8 Å². The van der Waals surface area contributed by atoms with Crippen molar-refractivity contribution in [2.75, 3.05) is 0 Å². The summed E-state index contributed by atoms with van der Waals surface area (Å²) in [5.74, 6) is 0. The number of para-hydroxylation sites is 1. The molecule has 0 N–H and O–H groups in total. The summed E-state index contributed by atoms with van der Waals surface area (Å²) >= 11 is 0. The summed E-state index contributed by atoms with van der Waals surface area (Å²) in [7, 11) is 0.938. The molecule has 0 fully saturated rings. The molecule has 2 nitrogen and oxygen atoms in total. The van der Waals surface area contributed by atoms with Crippen molar-refractivity contribution < 1.29 is 4.21 Å². The molecule has 112 valence electrons. The molecule has 3 aromatic rings. The maximum Gasteiger partial charge on any atom is 0.0776 e. The average Bonchev–Trinajstić information content (AvgIpc) is 2.78. The Morgan fingerprint density at radius 2 is 1.68 bits per heavy atom. The van der Waals surface area contributed by atoms with Crippen LogP contribution in [0.5, 0.6) is 0 Å². The average molecular weight is 309 g/mol. The first-order valence-corrected chi connectivity index (χ1v) is 8.48. The zero-order valence-corrected chi connectivity index (χ0v) is 13.9. The zero-order chi connectivity index (χ0) is 15.7. The number of rotatable bonds is 3. The van der Waals surface area contributed by atoms with Crippen LogP contribution in [-0.2, 0) is 17.8 Å². The third-order valence-electron chi connectivity index (χ3n) is 4.06. The summed E-state index contributed by atoms with van der Waals surface area (Å²) in [6.07, 6.45) is 1.98. The first-order valence-electron chi connectivity index (χ1n) is 7.27. The highest BCUT2D eigenvalue weighted by Gasteiger charge is 2.09. The van der Waals surface area contributed by atoms with Crippen LogP contribution in [0.1, 0.15) is 16.8 Å². The Morgan fingerprint density at radius 1 is 1.00 bits per heavy atom. The highest BCUT2D eigenvalue weighted by Crippen LogP contribution is 2.26. The van der Waals surface area contributed by atoms with Crippen molar-refractivity contribution in [1.82, 2.24) is 4.57 Å². The van der Waals surface area contributed by atoms with Gasteiger partial charge in [-0.05, 0) is 38.1 Å². The van der Waals surface area contributed by atoms with Crippen molar-refractivity contribution in [2.45, 2.75) is 18.7 Å². The number of aromatic nitrogens is 1. The molecule has 3 heteroatoms. The topological polar surface area (TPSA) is 22.0 Å². The summed E-state index contributed by atoms with van der Waals surface area (Å²) in [6, 6.07) is 16.1. The molecule has 0 spiro atoms. The predicted molar refractivity (Wildman–Crippen MR) is 94.3 cm³/mol. The van der Waals surface area contributed by atoms with Gasteiger partial charge in [0.05, 0.1) is 10.8 Å². The second-order valence-corrected chi connectivity index (χ2v) is 6.83. The van der Waals surface area contributed by atoms with Gasteiger partial charge in [0.1, 0.15) is 0 Å². The van der Waals surface area contributed by atoms with E-state index in [-0.39, 0.29) is 0 Å². The van der Waals surface area contributed by atoms with Gasteiger partial charge in [-0.3, -0.25) is 0 Å². The van der Waals surface area contributed by atoms with Crippen LogP contribution < -0.4 is 0 Å². The quantitative estimate of drug-likeness (QED) is 0.694. The molecule has 0 bridgehead atoms. The number of nitrogens with zero attached hydrogens (tertiary/aromatic N) is 1. The van der Waals surface area contributed by atoms with E-state index in [0.717, 1.165) is 10.5 Å². The lowest BCUT2D eigenvalue weighted by molar-refractivity contribution is 0.688. The van der Waals surface area contributed by atoms with Gasteiger partial charge in [0, 0.05) is 39.5 Å². The van der Waals surface area contributed by atoms with E-state index in [1.165, 1.54) is 22.2 Å². The van der Waals surface area contributed by atoms with Crippen LogP contribution in [0, 0.1) is 13.8 Å². The SMILES string of the molecule is Cc1ccc(S(=O)/C=C/c2c(C)n(C)c3ccccc23)cc1. The van der Waals surface area contributed by atoms with Crippen LogP contribution in [0.2, 0.25) is 0 Å². The Bertz CT molecular complexity index is 872. The van der Waals surface area contributed by atoms with Gasteiger partial charge < -0.3 is 4.57 Å². The Morgan fingerprint density at radius 3 is 2.41 bits per heavy atom. The minimum Gasteiger partial charge on any atom is -0.347 e. The Labute approximate surface area is 133 Å². The molecule has 1 heterocycles. The fraction of sp³-hybridized carbons (Fsp3) is 0.158. The molecule has 0 amide bonds. The standard InChI is InChI=1S/C19H19NOS/c1-14-8-10-16(11-9-14)22(21)13-12-17-15(2)20(3)19-7-5-4-6-18(17)19/h4-13H,1-3H3/b13-12+. The lowest BCUT2D eigenvalue weighted by atomic mass is 10.1. The Kier molecular flexibility index (Phi) is 3.99. The maximum absolute atomic E-state index is 12.4. The molecule has 22 heavy (non-hydrogen) atoms. The molecule has 1 atom stereocenters. The Hall–Kier alpha value is -2.13. The maximum atomic E-state index is 12.4. The molecule has 0 aliphatic rings. The fourth-order valence-corrected chi connectivity index (χ4v) is 3.46. The summed E-state index contributed by atoms with van der Waals surface area (Å²) in [4.78, 5) is 0.833. The molecule has 0 aliphatic carbocycles. The Balaban J connectivity index is 1.97. The van der Waals surface area contributed by atoms with Crippen molar-refractivity contribution in [3.8, 4) is 0 Å². The van der Waals surface area contributed by atoms with E-state index in [2.05, 4.69) is 30.7 Å². The van der Waals surface area contributed by atoms with Gasteiger partial charge in [0.25, 0.3) is 0 Å². The van der Waals surface area contributed by atoms with Gasteiger partial charge in [0.15, 0.2) is 0 Å². The van der Waals surface area contributed by atoms with Crippen molar-refractivity contribution in [3.63, 3.8) is 0 Å². The number of fused-ring (bicyclic) bond motifs is 1. The number of hydrogen-bond donors (Lipinski definition) is 0. The lowest BCUT2D eigenvalue weighted by Crippen LogP contribution is -1.90. The van der Waals surface area contributed by atoms with Crippen molar-refractivity contribution in [2.24, 2.45) is 7.05 Å². The van der Waals surface area contributed by atoms with E-state index in [0.29, 0.717) is 0 Å². The van der Waals surface area contributed by atoms with Gasteiger partial charge in [-0.15, -0.1) is 0 Å². The number of aryl methyl sites for hydroxylation is 2. The van der Waals surface area contributed by atoms with E-state index in [4.69, 9.17) is 0 Å². The summed E-state index contributed by atoms with van der Waals surface area (Å²) in [6.45, 7) is 4.12.